The standard InChI is InChI=1S/C56H44N10/c1-31-23-33(3)49(34(4)24-31)51-45-27-37(41-15-7-11-19-57-41)53(61-45)65-55-39(43-17-9-13-21-59-43)29-47(63-55)52(50-35(5)25-32(2)26-36(50)6)48-30-40(44-18-10-14-22-60-44)56(64-48)66-54-38(28-46(51)62-54)42-16-8-12-20-58-42/h7-30H,1-6H3,(H,61,63,65)(H,62,64,66). The molecular weight excluding hydrogens is 813 g/mol. The van der Waals surface area contributed by atoms with Crippen LogP contribution in [0.2, 0.25) is 0 Å². The minimum absolute atomic E-state index is 0.512. The van der Waals surface area contributed by atoms with E-state index < -0.39 is 0 Å². The molecule has 0 saturated carbocycles. The van der Waals surface area contributed by atoms with Crippen molar-refractivity contribution in [3.8, 4) is 44.8 Å². The van der Waals surface area contributed by atoms with Crippen molar-refractivity contribution in [2.45, 2.75) is 41.5 Å². The molecule has 0 unspecified atom stereocenters. The summed E-state index contributed by atoms with van der Waals surface area (Å²) in [6.45, 7) is 12.9. The van der Waals surface area contributed by atoms with E-state index in [0.717, 1.165) is 112 Å². The van der Waals surface area contributed by atoms with E-state index in [9.17, 15) is 0 Å². The van der Waals surface area contributed by atoms with Gasteiger partial charge in [-0.3, -0.25) is 19.9 Å². The summed E-state index contributed by atoms with van der Waals surface area (Å²) in [7, 11) is 0. The smallest absolute Gasteiger partial charge is 0.164 e. The minimum Gasteiger partial charge on any atom is -0.339 e. The van der Waals surface area contributed by atoms with E-state index in [1.807, 2.05) is 72.8 Å². The number of benzene rings is 2. The van der Waals surface area contributed by atoms with Gasteiger partial charge in [0.25, 0.3) is 0 Å². The van der Waals surface area contributed by atoms with Crippen LogP contribution in [0.25, 0.3) is 90.4 Å². The second kappa shape index (κ2) is 16.2. The van der Waals surface area contributed by atoms with E-state index >= 15 is 0 Å². The van der Waals surface area contributed by atoms with Crippen LogP contribution < -0.4 is 0 Å². The summed E-state index contributed by atoms with van der Waals surface area (Å²) in [4.78, 5) is 49.0. The number of hydrogen-bond donors (Lipinski definition) is 2. The maximum absolute atomic E-state index is 5.49. The molecule has 318 valence electrons. The van der Waals surface area contributed by atoms with Crippen molar-refractivity contribution < 1.29 is 0 Å². The number of rotatable bonds is 6. The third kappa shape index (κ3) is 7.18. The van der Waals surface area contributed by atoms with Gasteiger partial charge in [0.2, 0.25) is 0 Å². The fourth-order valence-corrected chi connectivity index (χ4v) is 9.59. The van der Waals surface area contributed by atoms with Gasteiger partial charge in [0.15, 0.2) is 11.6 Å². The number of fused-ring (bicyclic) bond motifs is 8. The predicted molar refractivity (Wildman–Crippen MR) is 265 cm³/mol. The lowest BCUT2D eigenvalue weighted by molar-refractivity contribution is 1.15. The van der Waals surface area contributed by atoms with Crippen molar-refractivity contribution in [1.29, 1.82) is 0 Å². The van der Waals surface area contributed by atoms with Crippen molar-refractivity contribution in [3.63, 3.8) is 0 Å². The molecule has 9 heterocycles. The van der Waals surface area contributed by atoms with Crippen LogP contribution in [0.3, 0.4) is 0 Å². The Balaban J connectivity index is 1.39. The Bertz CT molecular complexity index is 3340. The SMILES string of the molecule is Cc1cc(C)c(-c2c3nc(nc4[nH]c(cc4-c4ccccn4)c(-c4c(C)cc(C)cc4C)c4nc(nc5[nH]c2cc5-c2ccccn2)C(c2ccccn2)=C4)C(c2ccccn2)=C3)c(C)c1. The summed E-state index contributed by atoms with van der Waals surface area (Å²) < 4.78 is 0. The predicted octanol–water partition coefficient (Wildman–Crippen LogP) is 12.4. The van der Waals surface area contributed by atoms with Crippen LogP contribution in [-0.2, 0) is 0 Å². The van der Waals surface area contributed by atoms with Gasteiger partial charge in [-0.1, -0.05) is 59.7 Å². The third-order valence-electron chi connectivity index (χ3n) is 12.2. The number of pyridine rings is 4. The fourth-order valence-electron chi connectivity index (χ4n) is 9.59. The first-order valence-corrected chi connectivity index (χ1v) is 22.0. The Labute approximate surface area is 382 Å². The molecule has 2 aliphatic rings. The largest absolute Gasteiger partial charge is 0.339 e. The van der Waals surface area contributed by atoms with Gasteiger partial charge in [-0.2, -0.15) is 0 Å². The van der Waals surface area contributed by atoms with Crippen molar-refractivity contribution in [1.82, 2.24) is 49.8 Å². The molecular formula is C56H44N10. The van der Waals surface area contributed by atoms with Crippen LogP contribution in [-0.4, -0.2) is 49.8 Å². The zero-order chi connectivity index (χ0) is 45.1. The normalized spacial score (nSPS) is 12.3. The molecule has 8 bridgehead atoms. The summed E-state index contributed by atoms with van der Waals surface area (Å²) in [6.07, 6.45) is 11.4. The Kier molecular flexibility index (Phi) is 9.92. The number of H-pyrrole nitrogens is 2. The Morgan fingerprint density at radius 2 is 0.712 bits per heavy atom. The molecule has 0 atom stereocenters. The molecule has 0 aliphatic carbocycles. The second-order valence-corrected chi connectivity index (χ2v) is 17.0. The quantitative estimate of drug-likeness (QED) is 0.169. The zero-order valence-electron chi connectivity index (χ0n) is 37.4. The summed E-state index contributed by atoms with van der Waals surface area (Å²) >= 11 is 0. The lowest BCUT2D eigenvalue weighted by atomic mass is 9.92. The molecule has 2 N–H and O–H groups in total. The topological polar surface area (TPSA) is 135 Å². The van der Waals surface area contributed by atoms with Crippen LogP contribution in [0.4, 0.5) is 0 Å². The van der Waals surface area contributed by atoms with Crippen LogP contribution >= 0.6 is 0 Å². The lowest BCUT2D eigenvalue weighted by Crippen LogP contribution is -1.95. The maximum atomic E-state index is 5.49. The van der Waals surface area contributed by atoms with Crippen LogP contribution in [0.1, 0.15) is 67.8 Å². The molecule has 2 aliphatic heterocycles. The van der Waals surface area contributed by atoms with Gasteiger partial charge in [-0.25, -0.2) is 19.9 Å². The van der Waals surface area contributed by atoms with E-state index in [1.54, 1.807) is 24.8 Å². The van der Waals surface area contributed by atoms with E-state index in [4.69, 9.17) is 39.9 Å². The molecule has 2 aromatic carbocycles. The van der Waals surface area contributed by atoms with Crippen molar-refractivity contribution in [2.24, 2.45) is 0 Å². The number of nitrogens with one attached hydrogen (secondary N) is 2. The van der Waals surface area contributed by atoms with Crippen LogP contribution in [0, 0.1) is 41.5 Å². The molecule has 0 amide bonds. The van der Waals surface area contributed by atoms with E-state index in [-0.39, 0.29) is 0 Å². The molecule has 66 heavy (non-hydrogen) atoms. The fraction of sp³-hybridized carbons (Fsp3) is 0.107. The summed E-state index contributed by atoms with van der Waals surface area (Å²) in [5, 5.41) is 0. The second-order valence-electron chi connectivity index (χ2n) is 17.0. The van der Waals surface area contributed by atoms with Crippen molar-refractivity contribution >= 4 is 45.6 Å². The molecule has 11 rings (SSSR count). The molecule has 0 radical (unpaired) electrons. The monoisotopic (exact) mass is 856 g/mol. The molecule has 10 heteroatoms. The highest BCUT2D eigenvalue weighted by molar-refractivity contribution is 6.02. The molecule has 0 spiro atoms. The highest BCUT2D eigenvalue weighted by Crippen LogP contribution is 2.42. The average Bonchev–Trinajstić information content (AvgIpc) is 4.13. The molecule has 9 aromatic rings. The Morgan fingerprint density at radius 3 is 1.05 bits per heavy atom. The number of aromatic nitrogens is 10. The maximum Gasteiger partial charge on any atom is 0.164 e. The van der Waals surface area contributed by atoms with Gasteiger partial charge in [0.05, 0.1) is 45.2 Å². The van der Waals surface area contributed by atoms with Gasteiger partial charge < -0.3 is 9.97 Å². The molecule has 7 aromatic heterocycles. The van der Waals surface area contributed by atoms with Gasteiger partial charge in [0, 0.05) is 58.2 Å². The first-order valence-electron chi connectivity index (χ1n) is 22.0. The number of nitrogens with zero attached hydrogens (tertiary/aromatic N) is 8. The number of hydrogen-bond acceptors (Lipinski definition) is 8. The minimum atomic E-state index is 0.512. The summed E-state index contributed by atoms with van der Waals surface area (Å²) in [5.74, 6) is 1.02. The Morgan fingerprint density at radius 1 is 0.364 bits per heavy atom. The number of aromatic amines is 2. The summed E-state index contributed by atoms with van der Waals surface area (Å²) in [6, 6.07) is 36.8. The Hall–Kier alpha value is -8.50. The van der Waals surface area contributed by atoms with Crippen molar-refractivity contribution in [3.05, 3.63) is 202 Å². The highest BCUT2D eigenvalue weighted by atomic mass is 15.0. The first-order chi connectivity index (χ1) is 32.2. The van der Waals surface area contributed by atoms with E-state index in [2.05, 4.69) is 100 Å². The zero-order valence-corrected chi connectivity index (χ0v) is 37.4. The summed E-state index contributed by atoms with van der Waals surface area (Å²) in [5.41, 5.74) is 21.2. The first kappa shape index (κ1) is 40.3. The molecule has 0 saturated heterocycles. The average molecular weight is 857 g/mol. The molecule has 0 fully saturated rings. The van der Waals surface area contributed by atoms with Gasteiger partial charge in [-0.05, 0) is 148 Å². The van der Waals surface area contributed by atoms with Crippen LogP contribution in [0.15, 0.2) is 134 Å². The third-order valence-corrected chi connectivity index (χ3v) is 12.2. The van der Waals surface area contributed by atoms with Gasteiger partial charge in [0.1, 0.15) is 11.3 Å². The van der Waals surface area contributed by atoms with Crippen LogP contribution in [0.5, 0.6) is 0 Å². The number of aryl methyl sites for hydroxylation is 6. The van der Waals surface area contributed by atoms with Crippen molar-refractivity contribution in [2.75, 3.05) is 0 Å². The van der Waals surface area contributed by atoms with Gasteiger partial charge in [-0.15, -0.1) is 0 Å². The van der Waals surface area contributed by atoms with E-state index in [1.165, 1.54) is 11.1 Å². The molecule has 10 nitrogen and oxygen atoms in total. The lowest BCUT2D eigenvalue weighted by Gasteiger charge is -2.13. The van der Waals surface area contributed by atoms with Gasteiger partial charge >= 0.3 is 0 Å². The van der Waals surface area contributed by atoms with E-state index in [0.29, 0.717) is 22.9 Å². The highest BCUT2D eigenvalue weighted by Gasteiger charge is 2.26.